The minimum absolute atomic E-state index is 0.000888. The maximum absolute atomic E-state index is 13.0. The Morgan fingerprint density at radius 3 is 2.52 bits per heavy atom. The van der Waals surface area contributed by atoms with Crippen LogP contribution in [0.5, 0.6) is 0 Å². The smallest absolute Gasteiger partial charge is 0.332 e. The third kappa shape index (κ3) is 3.85. The van der Waals surface area contributed by atoms with Gasteiger partial charge in [-0.2, -0.15) is 0 Å². The van der Waals surface area contributed by atoms with Crippen LogP contribution in [-0.2, 0) is 20.6 Å². The molecule has 1 fully saturated rings. The van der Waals surface area contributed by atoms with Gasteiger partial charge in [0, 0.05) is 52.4 Å². The minimum atomic E-state index is -1.63. The number of carbonyl (C=O) groups excluding carboxylic acids is 1. The van der Waals surface area contributed by atoms with Gasteiger partial charge in [-0.1, -0.05) is 18.2 Å². The van der Waals surface area contributed by atoms with Crippen molar-refractivity contribution in [2.75, 3.05) is 33.2 Å². The lowest BCUT2D eigenvalue weighted by Gasteiger charge is -2.32. The van der Waals surface area contributed by atoms with E-state index >= 15 is 0 Å². The van der Waals surface area contributed by atoms with Crippen LogP contribution >= 0.6 is 0 Å². The fourth-order valence-electron chi connectivity index (χ4n) is 3.91. The van der Waals surface area contributed by atoms with Crippen molar-refractivity contribution < 1.29 is 9.90 Å². The highest BCUT2D eigenvalue weighted by Crippen LogP contribution is 2.18. The molecule has 1 atom stereocenters. The summed E-state index contributed by atoms with van der Waals surface area (Å²) in [4.78, 5) is 46.4. The van der Waals surface area contributed by atoms with Gasteiger partial charge in [0.2, 0.25) is 5.78 Å². The third-order valence-corrected chi connectivity index (χ3v) is 5.88. The molecule has 1 unspecified atom stereocenters. The van der Waals surface area contributed by atoms with Crippen LogP contribution in [0.15, 0.2) is 40.2 Å². The van der Waals surface area contributed by atoms with E-state index < -0.39 is 23.3 Å². The summed E-state index contributed by atoms with van der Waals surface area (Å²) in [6.07, 6.45) is -0.420. The van der Waals surface area contributed by atoms with Crippen molar-refractivity contribution in [3.8, 4) is 0 Å². The van der Waals surface area contributed by atoms with E-state index in [1.54, 1.807) is 18.2 Å². The lowest BCUT2D eigenvalue weighted by atomic mass is 10.1. The largest absolute Gasteiger partial charge is 0.366 e. The van der Waals surface area contributed by atoms with Gasteiger partial charge in [0.05, 0.1) is 0 Å². The number of imidazole rings is 1. The molecule has 3 aromatic rings. The average Bonchev–Trinajstić information content (AvgIpc) is 3.22. The van der Waals surface area contributed by atoms with Crippen LogP contribution in [0.2, 0.25) is 0 Å². The first-order chi connectivity index (χ1) is 14.8. The molecule has 0 radical (unpaired) electrons. The number of rotatable bonds is 5. The van der Waals surface area contributed by atoms with Crippen molar-refractivity contribution in [3.05, 3.63) is 62.6 Å². The van der Waals surface area contributed by atoms with Gasteiger partial charge in [0.1, 0.15) is 6.33 Å². The van der Waals surface area contributed by atoms with Crippen molar-refractivity contribution in [1.82, 2.24) is 28.5 Å². The summed E-state index contributed by atoms with van der Waals surface area (Å²) in [7, 11) is 4.93. The molecule has 1 aromatic carbocycles. The van der Waals surface area contributed by atoms with Crippen LogP contribution < -0.4 is 11.2 Å². The van der Waals surface area contributed by atoms with Gasteiger partial charge in [0.25, 0.3) is 5.56 Å². The van der Waals surface area contributed by atoms with Crippen molar-refractivity contribution in [2.45, 2.75) is 12.8 Å². The predicted molar refractivity (Wildman–Crippen MR) is 115 cm³/mol. The van der Waals surface area contributed by atoms with Gasteiger partial charge in [-0.15, -0.1) is 0 Å². The van der Waals surface area contributed by atoms with Crippen LogP contribution in [0, 0.1) is 0 Å². The number of likely N-dealkylation sites (N-methyl/N-ethyl adjacent to an activating group) is 1. The highest BCUT2D eigenvalue weighted by Gasteiger charge is 2.25. The highest BCUT2D eigenvalue weighted by atomic mass is 16.3. The number of hydrogen-bond acceptors (Lipinski definition) is 7. The first-order valence-electron chi connectivity index (χ1n) is 10.1. The maximum Gasteiger partial charge on any atom is 0.332 e. The topological polar surface area (TPSA) is 106 Å². The van der Waals surface area contributed by atoms with Gasteiger partial charge < -0.3 is 10.0 Å². The number of aromatic nitrogens is 4. The summed E-state index contributed by atoms with van der Waals surface area (Å²) < 4.78 is 3.25. The lowest BCUT2D eigenvalue weighted by Crippen LogP contribution is -2.43. The molecule has 164 valence electrons. The molecule has 1 saturated heterocycles. The number of carbonyl (C=O) groups is 1. The summed E-state index contributed by atoms with van der Waals surface area (Å²) in [5, 5.41) is 10.8. The minimum Gasteiger partial charge on any atom is -0.366 e. The molecule has 1 N–H and O–H groups in total. The number of aliphatic hydroxyl groups excluding tert-OH is 1. The molecular formula is C21H26N6O4. The van der Waals surface area contributed by atoms with E-state index in [0.29, 0.717) is 5.56 Å². The molecule has 31 heavy (non-hydrogen) atoms. The molecule has 4 rings (SSSR count). The zero-order valence-electron chi connectivity index (χ0n) is 17.9. The number of ketones is 1. The van der Waals surface area contributed by atoms with E-state index in [-0.39, 0.29) is 11.2 Å². The molecule has 2 aromatic heterocycles. The monoisotopic (exact) mass is 426 g/mol. The summed E-state index contributed by atoms with van der Waals surface area (Å²) >= 11 is 0. The molecule has 0 aliphatic carbocycles. The number of aryl methyl sites for hydroxylation is 1. The Hall–Kier alpha value is -3.08. The maximum atomic E-state index is 13.0. The second-order valence-electron chi connectivity index (χ2n) is 8.05. The third-order valence-electron chi connectivity index (χ3n) is 5.88. The van der Waals surface area contributed by atoms with E-state index in [4.69, 9.17) is 0 Å². The van der Waals surface area contributed by atoms with Gasteiger partial charge >= 0.3 is 5.69 Å². The average molecular weight is 426 g/mol. The van der Waals surface area contributed by atoms with Gasteiger partial charge in [-0.05, 0) is 18.7 Å². The highest BCUT2D eigenvalue weighted by molar-refractivity contribution is 5.98. The first-order valence-corrected chi connectivity index (χ1v) is 10.1. The Labute approximate surface area is 178 Å². The summed E-state index contributed by atoms with van der Waals surface area (Å²) in [5.41, 5.74) is 0.299. The van der Waals surface area contributed by atoms with E-state index in [0.717, 1.165) is 47.4 Å². The molecule has 0 amide bonds. The van der Waals surface area contributed by atoms with Gasteiger partial charge in [-0.25, -0.2) is 9.78 Å². The lowest BCUT2D eigenvalue weighted by molar-refractivity contribution is 0.0586. The molecule has 0 saturated carbocycles. The summed E-state index contributed by atoms with van der Waals surface area (Å²) in [5.74, 6) is -0.546. The van der Waals surface area contributed by atoms with E-state index in [1.807, 2.05) is 6.07 Å². The van der Waals surface area contributed by atoms with Crippen molar-refractivity contribution in [2.24, 2.45) is 14.1 Å². The van der Waals surface area contributed by atoms with Crippen molar-refractivity contribution >= 4 is 16.9 Å². The Morgan fingerprint density at radius 1 is 1.10 bits per heavy atom. The quantitative estimate of drug-likeness (QED) is 0.551. The second-order valence-corrected chi connectivity index (χ2v) is 8.05. The number of benzene rings is 1. The van der Waals surface area contributed by atoms with Crippen LogP contribution in [0.3, 0.4) is 0 Å². The molecule has 1 aliphatic rings. The number of Topliss-reactive ketones (excluding diaryl/α,β-unsaturated/α-hetero) is 1. The van der Waals surface area contributed by atoms with Gasteiger partial charge in [0.15, 0.2) is 17.4 Å². The Bertz CT molecular complexity index is 1250. The van der Waals surface area contributed by atoms with E-state index in [1.165, 1.54) is 25.0 Å². The normalized spacial score (nSPS) is 16.6. The zero-order valence-corrected chi connectivity index (χ0v) is 17.9. The van der Waals surface area contributed by atoms with Crippen molar-refractivity contribution in [1.29, 1.82) is 0 Å². The molecular weight excluding hydrogens is 400 g/mol. The Balaban J connectivity index is 1.62. The predicted octanol–water partition coefficient (Wildman–Crippen LogP) is -0.445. The Morgan fingerprint density at radius 2 is 1.81 bits per heavy atom. The second kappa shape index (κ2) is 8.22. The summed E-state index contributed by atoms with van der Waals surface area (Å²) in [6, 6.07) is 7.17. The van der Waals surface area contributed by atoms with Crippen molar-refractivity contribution in [3.63, 3.8) is 0 Å². The SMILES string of the molecule is CN1CCN(Cc2cccc(C(=O)C(O)n3cnc4c3c(=O)n(C)c(=O)n4C)c2)CC1. The van der Waals surface area contributed by atoms with Crippen LogP contribution in [0.4, 0.5) is 0 Å². The number of fused-ring (bicyclic) bond motifs is 1. The van der Waals surface area contributed by atoms with Gasteiger partial charge in [-0.3, -0.25) is 28.2 Å². The zero-order chi connectivity index (χ0) is 22.3. The van der Waals surface area contributed by atoms with Crippen LogP contribution in [-0.4, -0.2) is 72.6 Å². The van der Waals surface area contributed by atoms with Crippen LogP contribution in [0.25, 0.3) is 11.2 Å². The molecule has 10 nitrogen and oxygen atoms in total. The molecule has 10 heteroatoms. The van der Waals surface area contributed by atoms with E-state index in [9.17, 15) is 19.5 Å². The number of nitrogens with zero attached hydrogens (tertiary/aromatic N) is 6. The summed E-state index contributed by atoms with van der Waals surface area (Å²) in [6.45, 7) is 4.65. The fraction of sp³-hybridized carbons (Fsp3) is 0.429. The molecule has 3 heterocycles. The Kier molecular flexibility index (Phi) is 5.61. The number of piperazine rings is 1. The standard InChI is InChI=1S/C21H26N6O4/c1-23-7-9-26(10-8-23)12-14-5-4-6-15(11-14)17(28)20(30)27-13-22-18-16(27)19(29)25(3)21(31)24(18)2/h4-6,11,13,20,30H,7-10,12H2,1-3H3. The molecule has 1 aliphatic heterocycles. The first kappa shape index (κ1) is 21.2. The van der Waals surface area contributed by atoms with E-state index in [2.05, 4.69) is 21.8 Å². The van der Waals surface area contributed by atoms with Crippen LogP contribution in [0.1, 0.15) is 22.1 Å². The molecule has 0 spiro atoms. The number of aliphatic hydroxyl groups is 1. The fourth-order valence-corrected chi connectivity index (χ4v) is 3.91. The molecule has 0 bridgehead atoms. The number of hydrogen-bond donors (Lipinski definition) is 1.